The van der Waals surface area contributed by atoms with E-state index >= 15 is 0 Å². The standard InChI is InChI=1S/C46H31N/c1-2-15-32(16-3-1)39-23-12-13-28-45(39)47(46-31-35-18-5-7-22-38(35)41-25-10-11-27-43(41)46)36-20-14-19-33(29-36)44-30-34-17-4-6-21-37(34)40-24-8-9-26-42(40)44/h1-31H. The molecule has 0 atom stereocenters. The van der Waals surface area contributed by atoms with E-state index in [2.05, 4.69) is 193 Å². The van der Waals surface area contributed by atoms with Gasteiger partial charge in [-0.15, -0.1) is 0 Å². The van der Waals surface area contributed by atoms with Crippen LogP contribution in [0.1, 0.15) is 0 Å². The zero-order valence-electron chi connectivity index (χ0n) is 25.8. The normalized spacial score (nSPS) is 11.4. The number of para-hydroxylation sites is 1. The summed E-state index contributed by atoms with van der Waals surface area (Å²) >= 11 is 0. The van der Waals surface area contributed by atoms with Gasteiger partial charge in [0.15, 0.2) is 0 Å². The number of anilines is 3. The molecule has 1 heteroatoms. The molecule has 0 heterocycles. The molecule has 0 aliphatic carbocycles. The molecule has 220 valence electrons. The third kappa shape index (κ3) is 4.64. The molecule has 0 saturated heterocycles. The Bertz CT molecular complexity index is 2580. The highest BCUT2D eigenvalue weighted by Crippen LogP contribution is 2.46. The van der Waals surface area contributed by atoms with Gasteiger partial charge in [-0.2, -0.15) is 0 Å². The highest BCUT2D eigenvalue weighted by molar-refractivity contribution is 6.16. The van der Waals surface area contributed by atoms with Crippen molar-refractivity contribution >= 4 is 60.2 Å². The van der Waals surface area contributed by atoms with E-state index in [1.54, 1.807) is 0 Å². The lowest BCUT2D eigenvalue weighted by molar-refractivity contribution is 1.30. The summed E-state index contributed by atoms with van der Waals surface area (Å²) in [4.78, 5) is 2.46. The van der Waals surface area contributed by atoms with Crippen LogP contribution in [0.15, 0.2) is 188 Å². The summed E-state index contributed by atoms with van der Waals surface area (Å²) < 4.78 is 0. The molecule has 0 fully saturated rings. The fourth-order valence-electron chi connectivity index (χ4n) is 7.26. The fourth-order valence-corrected chi connectivity index (χ4v) is 7.26. The monoisotopic (exact) mass is 597 g/mol. The zero-order chi connectivity index (χ0) is 31.2. The second kappa shape index (κ2) is 11.3. The first-order valence-electron chi connectivity index (χ1n) is 16.2. The summed E-state index contributed by atoms with van der Waals surface area (Å²) in [6, 6.07) is 68.3. The van der Waals surface area contributed by atoms with Crippen LogP contribution in [0.3, 0.4) is 0 Å². The highest BCUT2D eigenvalue weighted by atomic mass is 15.1. The molecule has 9 rings (SSSR count). The van der Waals surface area contributed by atoms with Crippen LogP contribution >= 0.6 is 0 Å². The first kappa shape index (κ1) is 27.2. The van der Waals surface area contributed by atoms with E-state index in [0.29, 0.717) is 0 Å². The van der Waals surface area contributed by atoms with E-state index in [1.807, 2.05) is 0 Å². The molecule has 0 bridgehead atoms. The van der Waals surface area contributed by atoms with E-state index in [-0.39, 0.29) is 0 Å². The maximum atomic E-state index is 2.46. The Balaban J connectivity index is 1.34. The molecule has 0 spiro atoms. The molecule has 0 aromatic heterocycles. The Labute approximate surface area is 274 Å². The van der Waals surface area contributed by atoms with Crippen molar-refractivity contribution in [2.24, 2.45) is 0 Å². The molecule has 47 heavy (non-hydrogen) atoms. The third-order valence-electron chi connectivity index (χ3n) is 9.40. The Hall–Kier alpha value is -6.18. The molecular weight excluding hydrogens is 567 g/mol. The topological polar surface area (TPSA) is 3.24 Å². The van der Waals surface area contributed by atoms with Crippen molar-refractivity contribution in [2.45, 2.75) is 0 Å². The van der Waals surface area contributed by atoms with E-state index in [0.717, 1.165) is 17.1 Å². The molecule has 0 amide bonds. The van der Waals surface area contributed by atoms with Gasteiger partial charge >= 0.3 is 0 Å². The summed E-state index contributed by atoms with van der Waals surface area (Å²) in [5.74, 6) is 0. The van der Waals surface area contributed by atoms with Gasteiger partial charge in [0.2, 0.25) is 0 Å². The van der Waals surface area contributed by atoms with Gasteiger partial charge in [-0.25, -0.2) is 0 Å². The molecule has 0 radical (unpaired) electrons. The van der Waals surface area contributed by atoms with Crippen LogP contribution in [0, 0.1) is 0 Å². The lowest BCUT2D eigenvalue weighted by Gasteiger charge is -2.30. The molecule has 9 aromatic rings. The van der Waals surface area contributed by atoms with Crippen LogP contribution in [0.25, 0.3) is 65.3 Å². The van der Waals surface area contributed by atoms with E-state index < -0.39 is 0 Å². The largest absolute Gasteiger partial charge is 0.309 e. The van der Waals surface area contributed by atoms with Crippen molar-refractivity contribution in [3.05, 3.63) is 188 Å². The number of hydrogen-bond acceptors (Lipinski definition) is 1. The predicted molar refractivity (Wildman–Crippen MR) is 202 cm³/mol. The van der Waals surface area contributed by atoms with Gasteiger partial charge in [0.05, 0.1) is 11.4 Å². The minimum absolute atomic E-state index is 1.11. The van der Waals surface area contributed by atoms with Gasteiger partial charge in [0.25, 0.3) is 0 Å². The first-order valence-corrected chi connectivity index (χ1v) is 16.2. The summed E-state index contributed by atoms with van der Waals surface area (Å²) in [7, 11) is 0. The molecule has 9 aromatic carbocycles. The van der Waals surface area contributed by atoms with Gasteiger partial charge in [-0.1, -0.05) is 158 Å². The molecule has 0 aliphatic heterocycles. The Kier molecular flexibility index (Phi) is 6.54. The minimum Gasteiger partial charge on any atom is -0.309 e. The molecule has 0 unspecified atom stereocenters. The van der Waals surface area contributed by atoms with Gasteiger partial charge in [0, 0.05) is 16.6 Å². The lowest BCUT2D eigenvalue weighted by Crippen LogP contribution is -2.12. The second-order valence-electron chi connectivity index (χ2n) is 12.1. The fraction of sp³-hybridized carbons (Fsp3) is 0. The summed E-state index contributed by atoms with van der Waals surface area (Å²) in [6.07, 6.45) is 0. The summed E-state index contributed by atoms with van der Waals surface area (Å²) in [5.41, 5.74) is 8.21. The zero-order valence-corrected chi connectivity index (χ0v) is 25.8. The maximum absolute atomic E-state index is 2.46. The van der Waals surface area contributed by atoms with Crippen LogP contribution in [0.2, 0.25) is 0 Å². The quantitative estimate of drug-likeness (QED) is 0.178. The first-order chi connectivity index (χ1) is 23.3. The van der Waals surface area contributed by atoms with Gasteiger partial charge < -0.3 is 4.90 Å². The van der Waals surface area contributed by atoms with E-state index in [4.69, 9.17) is 0 Å². The summed E-state index contributed by atoms with van der Waals surface area (Å²) in [6.45, 7) is 0. The van der Waals surface area contributed by atoms with Gasteiger partial charge in [-0.05, 0) is 84.7 Å². The minimum atomic E-state index is 1.11. The van der Waals surface area contributed by atoms with Crippen LogP contribution in [0.5, 0.6) is 0 Å². The van der Waals surface area contributed by atoms with Crippen LogP contribution < -0.4 is 4.90 Å². The van der Waals surface area contributed by atoms with E-state index in [1.165, 1.54) is 65.3 Å². The number of benzene rings is 9. The Morgan fingerprint density at radius 3 is 1.55 bits per heavy atom. The van der Waals surface area contributed by atoms with Gasteiger partial charge in [-0.3, -0.25) is 0 Å². The lowest BCUT2D eigenvalue weighted by atomic mass is 9.92. The van der Waals surface area contributed by atoms with Gasteiger partial charge in [0.1, 0.15) is 0 Å². The van der Waals surface area contributed by atoms with Crippen LogP contribution in [-0.2, 0) is 0 Å². The van der Waals surface area contributed by atoms with Crippen molar-refractivity contribution in [1.82, 2.24) is 0 Å². The number of fused-ring (bicyclic) bond motifs is 6. The number of nitrogens with zero attached hydrogens (tertiary/aromatic N) is 1. The molecule has 1 nitrogen and oxygen atoms in total. The molecular formula is C46H31N. The molecule has 0 saturated carbocycles. The predicted octanol–water partition coefficient (Wildman–Crippen LogP) is 13.1. The maximum Gasteiger partial charge on any atom is 0.0546 e. The Morgan fingerprint density at radius 1 is 0.277 bits per heavy atom. The van der Waals surface area contributed by atoms with Crippen LogP contribution in [-0.4, -0.2) is 0 Å². The second-order valence-corrected chi connectivity index (χ2v) is 12.1. The SMILES string of the molecule is c1ccc(-c2ccccc2N(c2cccc(-c3cc4ccccc4c4ccccc34)c2)c2cc3ccccc3c3ccccc23)cc1. The average molecular weight is 598 g/mol. The average Bonchev–Trinajstić information content (AvgIpc) is 3.15. The third-order valence-corrected chi connectivity index (χ3v) is 9.40. The Morgan fingerprint density at radius 2 is 0.809 bits per heavy atom. The van der Waals surface area contributed by atoms with Crippen molar-refractivity contribution in [3.63, 3.8) is 0 Å². The van der Waals surface area contributed by atoms with E-state index in [9.17, 15) is 0 Å². The van der Waals surface area contributed by atoms with Crippen molar-refractivity contribution in [3.8, 4) is 22.3 Å². The number of hydrogen-bond donors (Lipinski definition) is 0. The van der Waals surface area contributed by atoms with Crippen molar-refractivity contribution in [2.75, 3.05) is 4.90 Å². The smallest absolute Gasteiger partial charge is 0.0546 e. The highest BCUT2D eigenvalue weighted by Gasteiger charge is 2.21. The van der Waals surface area contributed by atoms with Crippen molar-refractivity contribution < 1.29 is 0 Å². The van der Waals surface area contributed by atoms with Crippen molar-refractivity contribution in [1.29, 1.82) is 0 Å². The van der Waals surface area contributed by atoms with Crippen LogP contribution in [0.4, 0.5) is 17.1 Å². The number of rotatable bonds is 5. The molecule has 0 aliphatic rings. The summed E-state index contributed by atoms with van der Waals surface area (Å²) in [5, 5.41) is 10.0. The molecule has 0 N–H and O–H groups in total.